The summed E-state index contributed by atoms with van der Waals surface area (Å²) in [5.74, 6) is -3.65. The molecular formula is C21H36N4O7S. The van der Waals surface area contributed by atoms with Crippen molar-refractivity contribution in [2.24, 2.45) is 11.7 Å². The van der Waals surface area contributed by atoms with Crippen molar-refractivity contribution >= 4 is 41.4 Å². The lowest BCUT2D eigenvalue weighted by Gasteiger charge is -2.30. The van der Waals surface area contributed by atoms with Crippen LogP contribution in [0.15, 0.2) is 0 Å². The van der Waals surface area contributed by atoms with Crippen molar-refractivity contribution < 1.29 is 34.2 Å². The molecule has 188 valence electrons. The predicted octanol–water partition coefficient (Wildman–Crippen LogP) is 0.0229. The Morgan fingerprint density at radius 3 is 2.33 bits per heavy atom. The zero-order valence-corrected chi connectivity index (χ0v) is 20.2. The van der Waals surface area contributed by atoms with Crippen molar-refractivity contribution in [3.8, 4) is 0 Å². The number of nitrogens with zero attached hydrogens (tertiary/aromatic N) is 1. The summed E-state index contributed by atoms with van der Waals surface area (Å²) < 4.78 is 0. The lowest BCUT2D eigenvalue weighted by atomic mass is 9.97. The third-order valence-electron chi connectivity index (χ3n) is 5.85. The van der Waals surface area contributed by atoms with Gasteiger partial charge in [0.1, 0.15) is 18.1 Å². The van der Waals surface area contributed by atoms with Gasteiger partial charge in [0.15, 0.2) is 0 Å². The minimum atomic E-state index is -1.22. The summed E-state index contributed by atoms with van der Waals surface area (Å²) >= 11 is 1.55. The van der Waals surface area contributed by atoms with Gasteiger partial charge < -0.3 is 31.5 Å². The van der Waals surface area contributed by atoms with Gasteiger partial charge >= 0.3 is 11.9 Å². The molecule has 1 rings (SSSR count). The number of amides is 3. The van der Waals surface area contributed by atoms with Gasteiger partial charge in [-0.05, 0) is 43.6 Å². The molecule has 0 spiro atoms. The summed E-state index contributed by atoms with van der Waals surface area (Å²) in [4.78, 5) is 62.4. The van der Waals surface area contributed by atoms with E-state index in [2.05, 4.69) is 10.6 Å². The van der Waals surface area contributed by atoms with Crippen LogP contribution in [0, 0.1) is 5.92 Å². The first kappa shape index (κ1) is 28.7. The SMILES string of the molecule is CCC(C)C(NC(=O)C(N)CCSC)C(=O)NC(CCC(=O)O)C(=O)N1CCCC1C(=O)O. The number of nitrogens with two attached hydrogens (primary N) is 1. The Hall–Kier alpha value is -2.34. The summed E-state index contributed by atoms with van der Waals surface area (Å²) in [7, 11) is 0. The zero-order chi connectivity index (χ0) is 25.1. The Morgan fingerprint density at radius 1 is 1.12 bits per heavy atom. The Balaban J connectivity index is 3.02. The first-order valence-electron chi connectivity index (χ1n) is 11.1. The molecule has 5 unspecified atom stereocenters. The van der Waals surface area contributed by atoms with E-state index >= 15 is 0 Å². The summed E-state index contributed by atoms with van der Waals surface area (Å²) in [5.41, 5.74) is 5.91. The highest BCUT2D eigenvalue weighted by molar-refractivity contribution is 7.98. The normalized spacial score (nSPS) is 19.3. The monoisotopic (exact) mass is 488 g/mol. The van der Waals surface area contributed by atoms with Crippen LogP contribution in [-0.4, -0.2) is 87.5 Å². The number of carbonyl (C=O) groups excluding carboxylic acids is 3. The smallest absolute Gasteiger partial charge is 0.326 e. The molecule has 0 aromatic heterocycles. The number of hydrogen-bond acceptors (Lipinski definition) is 7. The molecule has 0 aromatic carbocycles. The van der Waals surface area contributed by atoms with Crippen LogP contribution in [-0.2, 0) is 24.0 Å². The Morgan fingerprint density at radius 2 is 1.79 bits per heavy atom. The van der Waals surface area contributed by atoms with Crippen molar-refractivity contribution in [2.45, 2.75) is 76.5 Å². The molecule has 6 N–H and O–H groups in total. The standard InChI is InChI=1S/C21H36N4O7S/c1-4-12(2)17(24-18(28)13(22)9-11-33-3)19(29)23-14(7-8-16(26)27)20(30)25-10-5-6-15(25)21(31)32/h12-15,17H,4-11,22H2,1-3H3,(H,23,29)(H,24,28)(H,26,27)(H,31,32). The molecule has 5 atom stereocenters. The van der Waals surface area contributed by atoms with Gasteiger partial charge in [0, 0.05) is 13.0 Å². The first-order chi connectivity index (χ1) is 15.5. The van der Waals surface area contributed by atoms with Crippen LogP contribution in [0.3, 0.4) is 0 Å². The lowest BCUT2D eigenvalue weighted by Crippen LogP contribution is -2.58. The zero-order valence-electron chi connectivity index (χ0n) is 19.4. The second-order valence-electron chi connectivity index (χ2n) is 8.28. The summed E-state index contributed by atoms with van der Waals surface area (Å²) in [6, 6.07) is -4.00. The highest BCUT2D eigenvalue weighted by Gasteiger charge is 2.39. The largest absolute Gasteiger partial charge is 0.481 e. The van der Waals surface area contributed by atoms with E-state index in [4.69, 9.17) is 10.8 Å². The van der Waals surface area contributed by atoms with E-state index in [1.807, 2.05) is 13.2 Å². The number of carboxylic acids is 2. The van der Waals surface area contributed by atoms with E-state index in [-0.39, 0.29) is 25.3 Å². The number of carboxylic acid groups (broad SMARTS) is 2. The number of nitrogens with one attached hydrogen (secondary N) is 2. The van der Waals surface area contributed by atoms with Crippen molar-refractivity contribution in [3.05, 3.63) is 0 Å². The van der Waals surface area contributed by atoms with Crippen LogP contribution in [0.5, 0.6) is 0 Å². The third kappa shape index (κ3) is 8.84. The molecule has 3 amide bonds. The molecule has 1 aliphatic rings. The second kappa shape index (κ2) is 14.0. The maximum absolute atomic E-state index is 13.1. The molecule has 0 saturated carbocycles. The van der Waals surface area contributed by atoms with E-state index in [9.17, 15) is 29.1 Å². The van der Waals surface area contributed by atoms with Gasteiger partial charge in [0.05, 0.1) is 6.04 Å². The van der Waals surface area contributed by atoms with Crippen molar-refractivity contribution in [2.75, 3.05) is 18.6 Å². The highest BCUT2D eigenvalue weighted by atomic mass is 32.2. The van der Waals surface area contributed by atoms with E-state index in [1.54, 1.807) is 18.7 Å². The molecule has 12 heteroatoms. The van der Waals surface area contributed by atoms with Gasteiger partial charge in [-0.3, -0.25) is 19.2 Å². The minimum absolute atomic E-state index is 0.197. The van der Waals surface area contributed by atoms with Gasteiger partial charge in [-0.15, -0.1) is 0 Å². The molecule has 1 fully saturated rings. The molecule has 1 saturated heterocycles. The number of hydrogen-bond donors (Lipinski definition) is 5. The van der Waals surface area contributed by atoms with Gasteiger partial charge in [-0.25, -0.2) is 4.79 Å². The van der Waals surface area contributed by atoms with Crippen LogP contribution < -0.4 is 16.4 Å². The van der Waals surface area contributed by atoms with E-state index < -0.39 is 53.8 Å². The highest BCUT2D eigenvalue weighted by Crippen LogP contribution is 2.20. The van der Waals surface area contributed by atoms with E-state index in [0.29, 0.717) is 31.4 Å². The molecular weight excluding hydrogens is 452 g/mol. The fourth-order valence-electron chi connectivity index (χ4n) is 3.61. The van der Waals surface area contributed by atoms with Gasteiger partial charge in [0.2, 0.25) is 17.7 Å². The molecule has 0 radical (unpaired) electrons. The fourth-order valence-corrected chi connectivity index (χ4v) is 4.10. The van der Waals surface area contributed by atoms with Gasteiger partial charge in [-0.2, -0.15) is 11.8 Å². The van der Waals surface area contributed by atoms with Crippen molar-refractivity contribution in [1.82, 2.24) is 15.5 Å². The molecule has 1 aliphatic heterocycles. The minimum Gasteiger partial charge on any atom is -0.481 e. The Labute approximate surface area is 198 Å². The number of rotatable bonds is 14. The average Bonchev–Trinajstić information content (AvgIpc) is 3.27. The van der Waals surface area contributed by atoms with Gasteiger partial charge in [0.25, 0.3) is 0 Å². The second-order valence-corrected chi connectivity index (χ2v) is 9.27. The average molecular weight is 489 g/mol. The fraction of sp³-hybridized carbons (Fsp3) is 0.762. The van der Waals surface area contributed by atoms with Crippen LogP contribution >= 0.6 is 11.8 Å². The number of thioether (sulfide) groups is 1. The third-order valence-corrected chi connectivity index (χ3v) is 6.49. The van der Waals surface area contributed by atoms with Gasteiger partial charge in [-0.1, -0.05) is 20.3 Å². The van der Waals surface area contributed by atoms with E-state index in [0.717, 1.165) is 0 Å². The first-order valence-corrected chi connectivity index (χ1v) is 12.5. The molecule has 11 nitrogen and oxygen atoms in total. The van der Waals surface area contributed by atoms with Crippen LogP contribution in [0.4, 0.5) is 0 Å². The van der Waals surface area contributed by atoms with Crippen LogP contribution in [0.2, 0.25) is 0 Å². The van der Waals surface area contributed by atoms with Crippen molar-refractivity contribution in [3.63, 3.8) is 0 Å². The Kier molecular flexibility index (Phi) is 12.2. The van der Waals surface area contributed by atoms with Crippen LogP contribution in [0.1, 0.15) is 52.4 Å². The van der Waals surface area contributed by atoms with E-state index in [1.165, 1.54) is 4.90 Å². The molecule has 0 aliphatic carbocycles. The number of likely N-dealkylation sites (tertiary alicyclic amines) is 1. The Bertz CT molecular complexity index is 721. The lowest BCUT2D eigenvalue weighted by molar-refractivity contribution is -0.150. The summed E-state index contributed by atoms with van der Waals surface area (Å²) in [6.07, 6.45) is 3.09. The maximum atomic E-state index is 13.1. The number of aliphatic carboxylic acids is 2. The molecule has 0 bridgehead atoms. The maximum Gasteiger partial charge on any atom is 0.326 e. The summed E-state index contributed by atoms with van der Waals surface area (Å²) in [5, 5.41) is 23.7. The topological polar surface area (TPSA) is 179 Å². The quantitative estimate of drug-likeness (QED) is 0.225. The van der Waals surface area contributed by atoms with Crippen molar-refractivity contribution in [1.29, 1.82) is 0 Å². The summed E-state index contributed by atoms with van der Waals surface area (Å²) in [6.45, 7) is 3.83. The molecule has 33 heavy (non-hydrogen) atoms. The predicted molar refractivity (Wildman–Crippen MR) is 124 cm³/mol. The van der Waals surface area contributed by atoms with Crippen LogP contribution in [0.25, 0.3) is 0 Å². The number of carbonyl (C=O) groups is 5. The molecule has 0 aromatic rings. The molecule has 1 heterocycles.